The molecule has 1 N–H and O–H groups in total. The van der Waals surface area contributed by atoms with E-state index in [2.05, 4.69) is 9.98 Å². The largest absolute Gasteiger partial charge is 0.403 e. The van der Waals surface area contributed by atoms with Crippen LogP contribution in [0.15, 0.2) is 71.5 Å². The van der Waals surface area contributed by atoms with E-state index < -0.39 is 5.97 Å². The molecule has 0 fully saturated rings. The second-order valence-corrected chi connectivity index (χ2v) is 5.90. The third-order valence-electron chi connectivity index (χ3n) is 4.05. The molecule has 0 atom stereocenters. The minimum atomic E-state index is -0.436. The monoisotopic (exact) mass is 328 g/mol. The van der Waals surface area contributed by atoms with E-state index in [-0.39, 0.29) is 0 Å². The summed E-state index contributed by atoms with van der Waals surface area (Å²) in [6.07, 6.45) is 7.19. The predicted octanol–water partition coefficient (Wildman–Crippen LogP) is 4.49. The van der Waals surface area contributed by atoms with Crippen molar-refractivity contribution >= 4 is 34.9 Å². The number of nitrogens with one attached hydrogen (secondary N) is 1. The van der Waals surface area contributed by atoms with E-state index in [1.54, 1.807) is 12.2 Å². The molecule has 1 aliphatic rings. The zero-order valence-electron chi connectivity index (χ0n) is 13.7. The molecule has 2 heterocycles. The number of esters is 1. The quantitative estimate of drug-likeness (QED) is 0.569. The first-order valence-electron chi connectivity index (χ1n) is 8.02. The fraction of sp³-hybridized carbons (Fsp3) is 0.0476. The van der Waals surface area contributed by atoms with Crippen LogP contribution in [0.4, 0.5) is 0 Å². The van der Waals surface area contributed by atoms with E-state index in [4.69, 9.17) is 4.74 Å². The summed E-state index contributed by atoms with van der Waals surface area (Å²) in [7, 11) is 0. The third kappa shape index (κ3) is 3.15. The van der Waals surface area contributed by atoms with Crippen molar-refractivity contribution in [1.82, 2.24) is 4.98 Å². The zero-order chi connectivity index (χ0) is 17.2. The summed E-state index contributed by atoms with van der Waals surface area (Å²) in [5, 5.41) is 1.04. The van der Waals surface area contributed by atoms with Gasteiger partial charge in [0.05, 0.1) is 0 Å². The van der Waals surface area contributed by atoms with Gasteiger partial charge in [0.25, 0.3) is 0 Å². The lowest BCUT2D eigenvalue weighted by molar-refractivity contribution is -0.129. The number of aryl methyl sites for hydroxylation is 1. The molecule has 4 rings (SSSR count). The number of ether oxygens (including phenoxy) is 1. The lowest BCUT2D eigenvalue weighted by Crippen LogP contribution is -2.01. The van der Waals surface area contributed by atoms with Crippen LogP contribution in [0.3, 0.4) is 0 Å². The van der Waals surface area contributed by atoms with Crippen LogP contribution in [0.2, 0.25) is 0 Å². The second kappa shape index (κ2) is 6.24. The Kier molecular flexibility index (Phi) is 3.78. The maximum absolute atomic E-state index is 12.1. The number of aliphatic imine (C=N–C) groups is 1. The lowest BCUT2D eigenvalue weighted by Gasteiger charge is -1.94. The van der Waals surface area contributed by atoms with Gasteiger partial charge >= 0.3 is 5.97 Å². The molecule has 0 unspecified atom stereocenters. The smallest absolute Gasteiger partial charge is 0.363 e. The van der Waals surface area contributed by atoms with Crippen LogP contribution >= 0.6 is 0 Å². The van der Waals surface area contributed by atoms with Crippen LogP contribution in [0.1, 0.15) is 16.7 Å². The number of benzene rings is 2. The van der Waals surface area contributed by atoms with Crippen LogP contribution in [0.5, 0.6) is 0 Å². The number of nitrogens with zero attached hydrogens (tertiary/aromatic N) is 1. The number of para-hydroxylation sites is 1. The predicted molar refractivity (Wildman–Crippen MR) is 100 cm³/mol. The summed E-state index contributed by atoms with van der Waals surface area (Å²) < 4.78 is 5.23. The van der Waals surface area contributed by atoms with E-state index in [1.165, 1.54) is 5.56 Å². The van der Waals surface area contributed by atoms with E-state index in [9.17, 15) is 4.79 Å². The van der Waals surface area contributed by atoms with Crippen molar-refractivity contribution in [2.75, 3.05) is 0 Å². The normalized spacial score (nSPS) is 16.0. The molecule has 2 aromatic carbocycles. The Morgan fingerprint density at radius 1 is 1.04 bits per heavy atom. The molecular formula is C21H16N2O2. The number of fused-ring (bicyclic) bond motifs is 1. The van der Waals surface area contributed by atoms with Gasteiger partial charge in [0, 0.05) is 28.7 Å². The fourth-order valence-corrected chi connectivity index (χ4v) is 2.70. The van der Waals surface area contributed by atoms with Gasteiger partial charge < -0.3 is 9.72 Å². The minimum Gasteiger partial charge on any atom is -0.403 e. The molecule has 4 nitrogen and oxygen atoms in total. The van der Waals surface area contributed by atoms with Gasteiger partial charge in [0.15, 0.2) is 5.70 Å². The van der Waals surface area contributed by atoms with Crippen molar-refractivity contribution in [2.24, 2.45) is 4.99 Å². The SMILES string of the molecule is Cc1ccc(/C=C/C2=NC(=C\c3c[nH]c4ccccc34)/C(=O)O2)cc1. The summed E-state index contributed by atoms with van der Waals surface area (Å²) in [6.45, 7) is 2.04. The summed E-state index contributed by atoms with van der Waals surface area (Å²) in [5.41, 5.74) is 4.46. The number of carbonyl (C=O) groups excluding carboxylic acids is 1. The zero-order valence-corrected chi connectivity index (χ0v) is 13.7. The third-order valence-corrected chi connectivity index (χ3v) is 4.05. The highest BCUT2D eigenvalue weighted by Gasteiger charge is 2.21. The molecule has 3 aromatic rings. The van der Waals surface area contributed by atoms with E-state index >= 15 is 0 Å². The summed E-state index contributed by atoms with van der Waals surface area (Å²) in [5.74, 6) is -0.134. The Bertz CT molecular complexity index is 1040. The first-order chi connectivity index (χ1) is 12.2. The Labute approximate surface area is 145 Å². The van der Waals surface area contributed by atoms with Gasteiger partial charge in [-0.2, -0.15) is 0 Å². The molecule has 0 radical (unpaired) electrons. The molecule has 25 heavy (non-hydrogen) atoms. The van der Waals surface area contributed by atoms with Crippen LogP contribution in [-0.2, 0) is 9.53 Å². The summed E-state index contributed by atoms with van der Waals surface area (Å²) in [6, 6.07) is 16.0. The van der Waals surface area contributed by atoms with E-state index in [0.717, 1.165) is 22.0 Å². The van der Waals surface area contributed by atoms with Gasteiger partial charge in [0.2, 0.25) is 5.90 Å². The van der Waals surface area contributed by atoms with Crippen molar-refractivity contribution < 1.29 is 9.53 Å². The maximum atomic E-state index is 12.1. The molecular weight excluding hydrogens is 312 g/mol. The molecule has 4 heteroatoms. The second-order valence-electron chi connectivity index (χ2n) is 5.90. The summed E-state index contributed by atoms with van der Waals surface area (Å²) >= 11 is 0. The van der Waals surface area contributed by atoms with Crippen LogP contribution in [-0.4, -0.2) is 16.9 Å². The van der Waals surface area contributed by atoms with Crippen molar-refractivity contribution in [3.05, 3.63) is 83.2 Å². The van der Waals surface area contributed by atoms with Crippen molar-refractivity contribution in [1.29, 1.82) is 0 Å². The molecule has 0 saturated heterocycles. The highest BCUT2D eigenvalue weighted by Crippen LogP contribution is 2.23. The number of hydrogen-bond acceptors (Lipinski definition) is 3. The van der Waals surface area contributed by atoms with Crippen LogP contribution in [0, 0.1) is 6.92 Å². The standard InChI is InChI=1S/C21H16N2O2/c1-14-6-8-15(9-7-14)10-11-20-23-19(21(24)25-20)12-16-13-22-18-5-3-2-4-17(16)18/h2-13,22H,1H3/b11-10+,19-12-. The Morgan fingerprint density at radius 2 is 1.84 bits per heavy atom. The number of cyclic esters (lactones) is 1. The Balaban J connectivity index is 1.60. The molecule has 1 aromatic heterocycles. The van der Waals surface area contributed by atoms with Crippen LogP contribution < -0.4 is 0 Å². The van der Waals surface area contributed by atoms with Crippen molar-refractivity contribution in [2.45, 2.75) is 6.92 Å². The fourth-order valence-electron chi connectivity index (χ4n) is 2.70. The van der Waals surface area contributed by atoms with Gasteiger partial charge in [-0.1, -0.05) is 48.0 Å². The first kappa shape index (κ1) is 15.1. The topological polar surface area (TPSA) is 54.5 Å². The average molecular weight is 328 g/mol. The van der Waals surface area contributed by atoms with Gasteiger partial charge in [-0.15, -0.1) is 0 Å². The van der Waals surface area contributed by atoms with Gasteiger partial charge in [-0.25, -0.2) is 9.79 Å². The van der Waals surface area contributed by atoms with Crippen molar-refractivity contribution in [3.8, 4) is 0 Å². The van der Waals surface area contributed by atoms with E-state index in [0.29, 0.717) is 11.6 Å². The Hall–Kier alpha value is -3.40. The van der Waals surface area contributed by atoms with Gasteiger partial charge in [0.1, 0.15) is 0 Å². The molecule has 0 bridgehead atoms. The highest BCUT2D eigenvalue weighted by molar-refractivity contribution is 6.12. The number of hydrogen-bond donors (Lipinski definition) is 1. The maximum Gasteiger partial charge on any atom is 0.363 e. The van der Waals surface area contributed by atoms with Gasteiger partial charge in [-0.3, -0.25) is 0 Å². The Morgan fingerprint density at radius 3 is 2.68 bits per heavy atom. The molecule has 122 valence electrons. The average Bonchev–Trinajstić information content (AvgIpc) is 3.19. The molecule has 0 aliphatic carbocycles. The lowest BCUT2D eigenvalue weighted by atomic mass is 10.1. The number of aromatic amines is 1. The number of carbonyl (C=O) groups is 1. The number of rotatable bonds is 3. The molecule has 0 spiro atoms. The van der Waals surface area contributed by atoms with Gasteiger partial charge in [-0.05, 0) is 30.7 Å². The van der Waals surface area contributed by atoms with Crippen molar-refractivity contribution in [3.63, 3.8) is 0 Å². The molecule has 0 amide bonds. The summed E-state index contributed by atoms with van der Waals surface area (Å²) in [4.78, 5) is 19.5. The highest BCUT2D eigenvalue weighted by atomic mass is 16.6. The van der Waals surface area contributed by atoms with Crippen LogP contribution in [0.25, 0.3) is 23.1 Å². The van der Waals surface area contributed by atoms with E-state index in [1.807, 2.05) is 67.7 Å². The molecule has 1 aliphatic heterocycles. The first-order valence-corrected chi connectivity index (χ1v) is 8.02. The molecule has 0 saturated carbocycles. The minimum absolute atomic E-state index is 0.299. The number of aromatic nitrogens is 1. The number of H-pyrrole nitrogens is 1.